The van der Waals surface area contributed by atoms with Gasteiger partial charge in [-0.3, -0.25) is 9.89 Å². The Hall–Kier alpha value is -2.51. The molecule has 6 nitrogen and oxygen atoms in total. The molecule has 0 aliphatic carbocycles. The summed E-state index contributed by atoms with van der Waals surface area (Å²) in [5.41, 5.74) is 8.53. The molecular formula is C19H23N5OS. The maximum atomic E-state index is 12.1. The van der Waals surface area contributed by atoms with Gasteiger partial charge in [-0.2, -0.15) is 5.10 Å². The molecule has 0 aliphatic rings. The number of nitrogens with one attached hydrogen (secondary N) is 2. The molecular weight excluding hydrogens is 346 g/mol. The minimum absolute atomic E-state index is 0.0330. The number of hydrogen-bond donors (Lipinski definition) is 3. The van der Waals surface area contributed by atoms with Gasteiger partial charge in [0.05, 0.1) is 6.54 Å². The van der Waals surface area contributed by atoms with Crippen LogP contribution in [-0.2, 0) is 17.8 Å². The maximum absolute atomic E-state index is 12.1. The number of aromatic nitrogens is 3. The molecule has 7 heteroatoms. The van der Waals surface area contributed by atoms with Crippen LogP contribution in [0.2, 0.25) is 0 Å². The molecule has 26 heavy (non-hydrogen) atoms. The first-order chi connectivity index (χ1) is 12.5. The number of aromatic amines is 1. The monoisotopic (exact) mass is 369 g/mol. The molecule has 0 saturated heterocycles. The van der Waals surface area contributed by atoms with Gasteiger partial charge in [0.2, 0.25) is 5.91 Å². The van der Waals surface area contributed by atoms with E-state index in [0.717, 1.165) is 24.1 Å². The van der Waals surface area contributed by atoms with Crippen molar-refractivity contribution in [1.29, 1.82) is 0 Å². The van der Waals surface area contributed by atoms with Gasteiger partial charge in [0.25, 0.3) is 0 Å². The van der Waals surface area contributed by atoms with Gasteiger partial charge in [-0.1, -0.05) is 0 Å². The van der Waals surface area contributed by atoms with E-state index >= 15 is 0 Å². The molecule has 0 fully saturated rings. The van der Waals surface area contributed by atoms with E-state index in [1.54, 1.807) is 0 Å². The number of nitrogens with zero attached hydrogens (tertiary/aromatic N) is 2. The Morgan fingerprint density at radius 2 is 2.04 bits per heavy atom. The van der Waals surface area contributed by atoms with Crippen LogP contribution in [0.5, 0.6) is 0 Å². The second-order valence-corrected chi connectivity index (χ2v) is 7.69. The van der Waals surface area contributed by atoms with Crippen LogP contribution < -0.4 is 11.1 Å². The van der Waals surface area contributed by atoms with E-state index in [1.165, 1.54) is 15.3 Å². The number of anilines is 1. The number of amides is 1. The van der Waals surface area contributed by atoms with E-state index < -0.39 is 0 Å². The summed E-state index contributed by atoms with van der Waals surface area (Å²) in [6.45, 7) is 4.58. The van der Waals surface area contributed by atoms with E-state index in [0.29, 0.717) is 24.6 Å². The Kier molecular flexibility index (Phi) is 5.80. The molecule has 1 aromatic carbocycles. The zero-order valence-corrected chi connectivity index (χ0v) is 15.8. The van der Waals surface area contributed by atoms with Gasteiger partial charge in [0, 0.05) is 27.4 Å². The predicted molar refractivity (Wildman–Crippen MR) is 105 cm³/mol. The largest absolute Gasteiger partial charge is 0.326 e. The SMILES string of the molecule is Cc1cc(CCCC(=O)Nc2ccc(-c3n[nH]c(CN)n3)cc2)c(C)s1. The number of hydrogen-bond acceptors (Lipinski definition) is 5. The fourth-order valence-corrected chi connectivity index (χ4v) is 3.79. The minimum atomic E-state index is 0.0330. The molecule has 0 bridgehead atoms. The summed E-state index contributed by atoms with van der Waals surface area (Å²) >= 11 is 1.81. The fraction of sp³-hybridized carbons (Fsp3) is 0.316. The molecule has 0 radical (unpaired) electrons. The molecule has 0 atom stereocenters. The lowest BCUT2D eigenvalue weighted by Crippen LogP contribution is -2.11. The summed E-state index contributed by atoms with van der Waals surface area (Å²) in [4.78, 5) is 19.1. The van der Waals surface area contributed by atoms with Crippen molar-refractivity contribution in [2.45, 2.75) is 39.7 Å². The number of carbonyl (C=O) groups excluding carboxylic acids is 1. The Bertz CT molecular complexity index is 882. The topological polar surface area (TPSA) is 96.7 Å². The van der Waals surface area contributed by atoms with E-state index in [-0.39, 0.29) is 5.91 Å². The third kappa shape index (κ3) is 4.56. The lowest BCUT2D eigenvalue weighted by atomic mass is 10.1. The van der Waals surface area contributed by atoms with Crippen LogP contribution in [0.25, 0.3) is 11.4 Å². The summed E-state index contributed by atoms with van der Waals surface area (Å²) in [6.07, 6.45) is 2.30. The van der Waals surface area contributed by atoms with Gasteiger partial charge >= 0.3 is 0 Å². The lowest BCUT2D eigenvalue weighted by Gasteiger charge is -2.06. The quantitative estimate of drug-likeness (QED) is 0.593. The highest BCUT2D eigenvalue weighted by Crippen LogP contribution is 2.22. The third-order valence-electron chi connectivity index (χ3n) is 4.15. The van der Waals surface area contributed by atoms with Crippen LogP contribution in [0.3, 0.4) is 0 Å². The fourth-order valence-electron chi connectivity index (χ4n) is 2.81. The molecule has 3 aromatic rings. The van der Waals surface area contributed by atoms with Crippen LogP contribution in [0.15, 0.2) is 30.3 Å². The summed E-state index contributed by atoms with van der Waals surface area (Å²) in [5, 5.41) is 9.85. The van der Waals surface area contributed by atoms with Crippen LogP contribution in [-0.4, -0.2) is 21.1 Å². The first-order valence-electron chi connectivity index (χ1n) is 8.62. The molecule has 136 valence electrons. The first kappa shape index (κ1) is 18.3. The van der Waals surface area contributed by atoms with Gasteiger partial charge in [0.1, 0.15) is 5.82 Å². The maximum Gasteiger partial charge on any atom is 0.224 e. The molecule has 3 rings (SSSR count). The Morgan fingerprint density at radius 1 is 1.27 bits per heavy atom. The van der Waals surface area contributed by atoms with Crippen molar-refractivity contribution < 1.29 is 4.79 Å². The van der Waals surface area contributed by atoms with Crippen LogP contribution in [0, 0.1) is 13.8 Å². The van der Waals surface area contributed by atoms with Gasteiger partial charge in [-0.05, 0) is 62.6 Å². The highest BCUT2D eigenvalue weighted by molar-refractivity contribution is 7.12. The smallest absolute Gasteiger partial charge is 0.224 e. The number of thiophene rings is 1. The van der Waals surface area contributed by atoms with Crippen molar-refractivity contribution in [3.8, 4) is 11.4 Å². The standard InChI is InChI=1S/C19H23N5OS/c1-12-10-15(13(2)26-12)4-3-5-18(25)21-16-8-6-14(7-9-16)19-22-17(11-20)23-24-19/h6-10H,3-5,11,20H2,1-2H3,(H,21,25)(H,22,23,24). The van der Waals surface area contributed by atoms with Crippen LogP contribution in [0.1, 0.15) is 34.0 Å². The van der Waals surface area contributed by atoms with Crippen molar-refractivity contribution in [3.63, 3.8) is 0 Å². The molecule has 2 aromatic heterocycles. The third-order valence-corrected chi connectivity index (χ3v) is 5.15. The van der Waals surface area contributed by atoms with E-state index in [1.807, 2.05) is 35.6 Å². The number of carbonyl (C=O) groups is 1. The molecule has 0 unspecified atom stereocenters. The van der Waals surface area contributed by atoms with E-state index in [4.69, 9.17) is 5.73 Å². The molecule has 1 amide bonds. The lowest BCUT2D eigenvalue weighted by molar-refractivity contribution is -0.116. The zero-order valence-electron chi connectivity index (χ0n) is 15.0. The second kappa shape index (κ2) is 8.25. The molecule has 0 spiro atoms. The van der Waals surface area contributed by atoms with Crippen molar-refractivity contribution >= 4 is 22.9 Å². The minimum Gasteiger partial charge on any atom is -0.326 e. The highest BCUT2D eigenvalue weighted by Gasteiger charge is 2.08. The number of benzene rings is 1. The van der Waals surface area contributed by atoms with Gasteiger partial charge in [-0.25, -0.2) is 4.98 Å². The van der Waals surface area contributed by atoms with E-state index in [9.17, 15) is 4.79 Å². The number of H-pyrrole nitrogens is 1. The summed E-state index contributed by atoms with van der Waals surface area (Å²) in [5.74, 6) is 1.28. The molecule has 0 saturated carbocycles. The van der Waals surface area contributed by atoms with Crippen molar-refractivity contribution in [1.82, 2.24) is 15.2 Å². The van der Waals surface area contributed by atoms with Gasteiger partial charge in [-0.15, -0.1) is 11.3 Å². The molecule has 4 N–H and O–H groups in total. The first-order valence-corrected chi connectivity index (χ1v) is 9.44. The Morgan fingerprint density at radius 3 is 2.65 bits per heavy atom. The molecule has 0 aliphatic heterocycles. The zero-order chi connectivity index (χ0) is 18.5. The summed E-state index contributed by atoms with van der Waals surface area (Å²) < 4.78 is 0. The van der Waals surface area contributed by atoms with Crippen molar-refractivity contribution in [3.05, 3.63) is 51.5 Å². The Balaban J connectivity index is 1.50. The van der Waals surface area contributed by atoms with Gasteiger partial charge in [0.15, 0.2) is 5.82 Å². The van der Waals surface area contributed by atoms with Crippen molar-refractivity contribution in [2.24, 2.45) is 5.73 Å². The van der Waals surface area contributed by atoms with Crippen LogP contribution >= 0.6 is 11.3 Å². The summed E-state index contributed by atoms with van der Waals surface area (Å²) in [7, 11) is 0. The van der Waals surface area contributed by atoms with Crippen molar-refractivity contribution in [2.75, 3.05) is 5.32 Å². The average molecular weight is 369 g/mol. The van der Waals surface area contributed by atoms with Gasteiger partial charge < -0.3 is 11.1 Å². The highest BCUT2D eigenvalue weighted by atomic mass is 32.1. The number of nitrogens with two attached hydrogens (primary N) is 1. The average Bonchev–Trinajstić information content (AvgIpc) is 3.22. The normalized spacial score (nSPS) is 10.9. The Labute approximate surface area is 156 Å². The van der Waals surface area contributed by atoms with E-state index in [2.05, 4.69) is 40.4 Å². The summed E-state index contributed by atoms with van der Waals surface area (Å²) in [6, 6.07) is 9.71. The second-order valence-electron chi connectivity index (χ2n) is 6.23. The molecule has 2 heterocycles. The van der Waals surface area contributed by atoms with Crippen LogP contribution in [0.4, 0.5) is 5.69 Å². The predicted octanol–water partition coefficient (Wildman–Crippen LogP) is 3.57. The number of rotatable bonds is 7. The number of aryl methyl sites for hydroxylation is 3.